The molecule has 110 valence electrons. The Kier molecular flexibility index (Phi) is 5.63. The standard InChI is InChI=1S/C12H17N3O4S/c1-12(2,10(17)18)5-9(16)15-11(19)13-4-3-8-6-20-7-14-8/h6-7H,3-5H2,1-2H3,(H,17,18)(H2,13,15,16,19). The molecule has 0 aliphatic rings. The second kappa shape index (κ2) is 6.99. The number of carboxylic acids is 1. The average Bonchev–Trinajstić information content (AvgIpc) is 2.80. The molecule has 1 aromatic heterocycles. The maximum atomic E-state index is 11.5. The first-order chi connectivity index (χ1) is 9.31. The van der Waals surface area contributed by atoms with Gasteiger partial charge in [0.15, 0.2) is 0 Å². The van der Waals surface area contributed by atoms with Crippen molar-refractivity contribution in [1.29, 1.82) is 0 Å². The van der Waals surface area contributed by atoms with Gasteiger partial charge in [-0.2, -0.15) is 0 Å². The molecule has 0 spiro atoms. The number of urea groups is 1. The first-order valence-electron chi connectivity index (χ1n) is 5.99. The summed E-state index contributed by atoms with van der Waals surface area (Å²) < 4.78 is 0. The highest BCUT2D eigenvalue weighted by atomic mass is 32.1. The number of nitrogens with one attached hydrogen (secondary N) is 2. The van der Waals surface area contributed by atoms with Gasteiger partial charge in [-0.25, -0.2) is 9.78 Å². The van der Waals surface area contributed by atoms with E-state index in [-0.39, 0.29) is 6.42 Å². The van der Waals surface area contributed by atoms with Gasteiger partial charge in [-0.15, -0.1) is 11.3 Å². The molecule has 20 heavy (non-hydrogen) atoms. The summed E-state index contributed by atoms with van der Waals surface area (Å²) in [7, 11) is 0. The lowest BCUT2D eigenvalue weighted by Gasteiger charge is -2.17. The monoisotopic (exact) mass is 299 g/mol. The van der Waals surface area contributed by atoms with E-state index in [1.807, 2.05) is 5.38 Å². The topological polar surface area (TPSA) is 108 Å². The van der Waals surface area contributed by atoms with Gasteiger partial charge >= 0.3 is 12.0 Å². The number of rotatable bonds is 6. The quantitative estimate of drug-likeness (QED) is 0.726. The van der Waals surface area contributed by atoms with Gasteiger partial charge in [-0.3, -0.25) is 14.9 Å². The number of aliphatic carboxylic acids is 1. The van der Waals surface area contributed by atoms with Gasteiger partial charge in [-0.1, -0.05) is 0 Å². The van der Waals surface area contributed by atoms with Crippen molar-refractivity contribution in [2.45, 2.75) is 26.7 Å². The Bertz CT molecular complexity index is 485. The van der Waals surface area contributed by atoms with E-state index in [9.17, 15) is 14.4 Å². The first kappa shape index (κ1) is 16.1. The van der Waals surface area contributed by atoms with Crippen LogP contribution in [0.5, 0.6) is 0 Å². The van der Waals surface area contributed by atoms with Crippen LogP contribution >= 0.6 is 11.3 Å². The Labute approximate surface area is 120 Å². The number of aromatic nitrogens is 1. The van der Waals surface area contributed by atoms with Crippen molar-refractivity contribution in [3.63, 3.8) is 0 Å². The summed E-state index contributed by atoms with van der Waals surface area (Å²) in [5, 5.41) is 15.4. The minimum atomic E-state index is -1.20. The molecule has 1 rings (SSSR count). The van der Waals surface area contributed by atoms with E-state index in [4.69, 9.17) is 5.11 Å². The van der Waals surface area contributed by atoms with E-state index >= 15 is 0 Å². The second-order valence-corrected chi connectivity index (χ2v) is 5.62. The zero-order chi connectivity index (χ0) is 15.2. The number of thiazole rings is 1. The van der Waals surface area contributed by atoms with Crippen molar-refractivity contribution in [2.75, 3.05) is 6.54 Å². The highest BCUT2D eigenvalue weighted by Crippen LogP contribution is 2.19. The van der Waals surface area contributed by atoms with Crippen LogP contribution in [0.1, 0.15) is 26.0 Å². The van der Waals surface area contributed by atoms with E-state index in [2.05, 4.69) is 15.6 Å². The number of carbonyl (C=O) groups excluding carboxylic acids is 2. The molecule has 8 heteroatoms. The molecule has 0 saturated carbocycles. The number of hydrogen-bond acceptors (Lipinski definition) is 5. The van der Waals surface area contributed by atoms with Crippen LogP contribution in [-0.4, -0.2) is 34.5 Å². The number of carboxylic acid groups (broad SMARTS) is 1. The summed E-state index contributed by atoms with van der Waals surface area (Å²) in [5.74, 6) is -1.71. The van der Waals surface area contributed by atoms with Crippen LogP contribution in [0, 0.1) is 5.41 Å². The van der Waals surface area contributed by atoms with Crippen molar-refractivity contribution < 1.29 is 19.5 Å². The summed E-state index contributed by atoms with van der Waals surface area (Å²) in [6.45, 7) is 3.20. The first-order valence-corrected chi connectivity index (χ1v) is 6.93. The van der Waals surface area contributed by atoms with E-state index in [0.29, 0.717) is 13.0 Å². The lowest BCUT2D eigenvalue weighted by Crippen LogP contribution is -2.42. The Morgan fingerprint density at radius 1 is 1.40 bits per heavy atom. The number of carbonyl (C=O) groups is 3. The molecule has 0 bridgehead atoms. The van der Waals surface area contributed by atoms with Crippen LogP contribution in [0.4, 0.5) is 4.79 Å². The van der Waals surface area contributed by atoms with Crippen LogP contribution < -0.4 is 10.6 Å². The van der Waals surface area contributed by atoms with Gasteiger partial charge in [-0.05, 0) is 13.8 Å². The molecule has 3 N–H and O–H groups in total. The zero-order valence-electron chi connectivity index (χ0n) is 11.3. The molecule has 0 aliphatic carbocycles. The average molecular weight is 299 g/mol. The van der Waals surface area contributed by atoms with Crippen molar-refractivity contribution in [2.24, 2.45) is 5.41 Å². The molecule has 0 atom stereocenters. The molecular formula is C12H17N3O4S. The number of nitrogens with zero attached hydrogens (tertiary/aromatic N) is 1. The van der Waals surface area contributed by atoms with Gasteiger partial charge in [0.2, 0.25) is 5.91 Å². The molecule has 1 heterocycles. The predicted molar refractivity (Wildman–Crippen MR) is 73.4 cm³/mol. The smallest absolute Gasteiger partial charge is 0.321 e. The largest absolute Gasteiger partial charge is 0.481 e. The minimum Gasteiger partial charge on any atom is -0.481 e. The third kappa shape index (κ3) is 5.35. The molecule has 0 unspecified atom stereocenters. The number of amides is 3. The van der Waals surface area contributed by atoms with Gasteiger partial charge in [0.25, 0.3) is 0 Å². The van der Waals surface area contributed by atoms with Crippen molar-refractivity contribution in [3.8, 4) is 0 Å². The van der Waals surface area contributed by atoms with Gasteiger partial charge < -0.3 is 10.4 Å². The summed E-state index contributed by atoms with van der Waals surface area (Å²) >= 11 is 1.47. The van der Waals surface area contributed by atoms with E-state index in [0.717, 1.165) is 5.69 Å². The molecule has 7 nitrogen and oxygen atoms in total. The third-order valence-corrected chi connectivity index (χ3v) is 3.22. The molecule has 0 aromatic carbocycles. The number of imide groups is 1. The second-order valence-electron chi connectivity index (χ2n) is 4.90. The number of hydrogen-bond donors (Lipinski definition) is 3. The van der Waals surface area contributed by atoms with Crippen LogP contribution in [0.3, 0.4) is 0 Å². The van der Waals surface area contributed by atoms with Crippen molar-refractivity contribution in [3.05, 3.63) is 16.6 Å². The predicted octanol–water partition coefficient (Wildman–Crippen LogP) is 1.01. The third-order valence-electron chi connectivity index (χ3n) is 2.58. The highest BCUT2D eigenvalue weighted by Gasteiger charge is 2.30. The lowest BCUT2D eigenvalue weighted by molar-refractivity contribution is -0.149. The molecule has 0 radical (unpaired) electrons. The fourth-order valence-corrected chi connectivity index (χ4v) is 1.95. The van der Waals surface area contributed by atoms with Crippen molar-refractivity contribution in [1.82, 2.24) is 15.6 Å². The SMILES string of the molecule is CC(C)(CC(=O)NC(=O)NCCc1cscn1)C(=O)O. The zero-order valence-corrected chi connectivity index (χ0v) is 12.1. The maximum Gasteiger partial charge on any atom is 0.321 e. The molecule has 0 fully saturated rings. The van der Waals surface area contributed by atoms with Crippen LogP contribution in [0.2, 0.25) is 0 Å². The highest BCUT2D eigenvalue weighted by molar-refractivity contribution is 7.07. The maximum absolute atomic E-state index is 11.5. The molecule has 0 saturated heterocycles. The molecular weight excluding hydrogens is 282 g/mol. The Morgan fingerprint density at radius 2 is 2.10 bits per heavy atom. The molecule has 0 aliphatic heterocycles. The van der Waals surface area contributed by atoms with E-state index < -0.39 is 23.3 Å². The summed E-state index contributed by atoms with van der Waals surface area (Å²) in [6, 6.07) is -0.633. The van der Waals surface area contributed by atoms with Gasteiger partial charge in [0.05, 0.1) is 16.6 Å². The summed E-state index contributed by atoms with van der Waals surface area (Å²) in [5.41, 5.74) is 1.37. The fourth-order valence-electron chi connectivity index (χ4n) is 1.36. The van der Waals surface area contributed by atoms with E-state index in [1.54, 1.807) is 5.51 Å². The lowest BCUT2D eigenvalue weighted by atomic mass is 9.89. The fraction of sp³-hybridized carbons (Fsp3) is 0.500. The minimum absolute atomic E-state index is 0.262. The Hall–Kier alpha value is -1.96. The summed E-state index contributed by atoms with van der Waals surface area (Å²) in [4.78, 5) is 37.9. The summed E-state index contributed by atoms with van der Waals surface area (Å²) in [6.07, 6.45) is 0.313. The molecule has 3 amide bonds. The van der Waals surface area contributed by atoms with E-state index in [1.165, 1.54) is 25.2 Å². The Balaban J connectivity index is 2.28. The van der Waals surface area contributed by atoms with Crippen LogP contribution in [0.15, 0.2) is 10.9 Å². The normalized spacial score (nSPS) is 10.9. The van der Waals surface area contributed by atoms with Crippen molar-refractivity contribution >= 4 is 29.2 Å². The van der Waals surface area contributed by atoms with Gasteiger partial charge in [0, 0.05) is 24.8 Å². The van der Waals surface area contributed by atoms with Crippen LogP contribution in [-0.2, 0) is 16.0 Å². The van der Waals surface area contributed by atoms with Gasteiger partial charge in [0.1, 0.15) is 0 Å². The van der Waals surface area contributed by atoms with Crippen LogP contribution in [0.25, 0.3) is 0 Å². The molecule has 1 aromatic rings. The Morgan fingerprint density at radius 3 is 2.65 bits per heavy atom.